The summed E-state index contributed by atoms with van der Waals surface area (Å²) in [6.07, 6.45) is 0. The molecule has 0 aliphatic heterocycles. The molecule has 1 aromatic rings. The summed E-state index contributed by atoms with van der Waals surface area (Å²) in [6.45, 7) is 9.93. The van der Waals surface area contributed by atoms with Crippen LogP contribution in [-0.4, -0.2) is 29.8 Å². The maximum atomic E-state index is 11.1. The Balaban J connectivity index is 2.77. The number of rotatable bonds is 6. The van der Waals surface area contributed by atoms with Crippen LogP contribution in [0.3, 0.4) is 0 Å². The molecule has 0 aromatic heterocycles. The van der Waals surface area contributed by atoms with Gasteiger partial charge in [0.1, 0.15) is 18.4 Å². The topological polar surface area (TPSA) is 58.6 Å². The summed E-state index contributed by atoms with van der Waals surface area (Å²) in [7, 11) is 0. The van der Waals surface area contributed by atoms with Crippen LogP contribution in [0.25, 0.3) is 0 Å². The van der Waals surface area contributed by atoms with Crippen LogP contribution < -0.4 is 10.1 Å². The highest BCUT2D eigenvalue weighted by molar-refractivity contribution is 5.73. The second-order valence-electron chi connectivity index (χ2n) is 5.25. The molecule has 0 saturated heterocycles. The van der Waals surface area contributed by atoms with Gasteiger partial charge in [0.15, 0.2) is 0 Å². The van der Waals surface area contributed by atoms with Gasteiger partial charge < -0.3 is 9.84 Å². The highest BCUT2D eigenvalue weighted by Crippen LogP contribution is 2.24. The van der Waals surface area contributed by atoms with Crippen molar-refractivity contribution in [2.45, 2.75) is 46.7 Å². The van der Waals surface area contributed by atoms with E-state index in [9.17, 15) is 4.79 Å². The van der Waals surface area contributed by atoms with E-state index in [1.54, 1.807) is 0 Å². The third-order valence-corrected chi connectivity index (χ3v) is 2.83. The third-order valence-electron chi connectivity index (χ3n) is 2.83. The highest BCUT2D eigenvalue weighted by Gasteiger charge is 2.19. The maximum absolute atomic E-state index is 11.1. The van der Waals surface area contributed by atoms with E-state index in [0.717, 1.165) is 16.9 Å². The number of aliphatic carboxylic acids is 1. The second-order valence-corrected chi connectivity index (χ2v) is 5.25. The van der Waals surface area contributed by atoms with Crippen molar-refractivity contribution in [1.82, 2.24) is 5.32 Å². The third kappa shape index (κ3) is 4.56. The first kappa shape index (κ1) is 15.5. The van der Waals surface area contributed by atoms with Crippen molar-refractivity contribution in [3.8, 4) is 5.75 Å². The van der Waals surface area contributed by atoms with Crippen LogP contribution in [-0.2, 0) is 4.79 Å². The average Bonchev–Trinajstić information content (AvgIpc) is 2.25. The van der Waals surface area contributed by atoms with Crippen LogP contribution >= 0.6 is 0 Å². The largest absolute Gasteiger partial charge is 0.491 e. The van der Waals surface area contributed by atoms with Crippen LogP contribution in [0.5, 0.6) is 5.75 Å². The van der Waals surface area contributed by atoms with Gasteiger partial charge in [0, 0.05) is 6.04 Å². The zero-order chi connectivity index (χ0) is 14.6. The Bertz CT molecular complexity index is 432. The Morgan fingerprint density at radius 2 is 1.79 bits per heavy atom. The number of aryl methyl sites for hydroxylation is 3. The van der Waals surface area contributed by atoms with Gasteiger partial charge >= 0.3 is 5.97 Å². The van der Waals surface area contributed by atoms with E-state index in [4.69, 9.17) is 9.84 Å². The molecule has 4 nitrogen and oxygen atoms in total. The summed E-state index contributed by atoms with van der Waals surface area (Å²) < 4.78 is 5.70. The molecule has 0 amide bonds. The lowest BCUT2D eigenvalue weighted by Gasteiger charge is -2.19. The minimum atomic E-state index is -0.892. The predicted octanol–water partition coefficient (Wildman–Crippen LogP) is 2.44. The fourth-order valence-electron chi connectivity index (χ4n) is 2.15. The summed E-state index contributed by atoms with van der Waals surface area (Å²) in [6, 6.07) is 3.48. The van der Waals surface area contributed by atoms with Crippen molar-refractivity contribution in [3.05, 3.63) is 28.8 Å². The van der Waals surface area contributed by atoms with Crippen LogP contribution in [0, 0.1) is 20.8 Å². The number of nitrogens with one attached hydrogen (secondary N) is 1. The second kappa shape index (κ2) is 6.57. The summed E-state index contributed by atoms with van der Waals surface area (Å²) in [5, 5.41) is 12.1. The molecular formula is C15H23NO3. The van der Waals surface area contributed by atoms with E-state index in [1.807, 2.05) is 46.8 Å². The Kier molecular flexibility index (Phi) is 5.36. The van der Waals surface area contributed by atoms with Gasteiger partial charge in [0.2, 0.25) is 0 Å². The van der Waals surface area contributed by atoms with Crippen molar-refractivity contribution in [3.63, 3.8) is 0 Å². The van der Waals surface area contributed by atoms with Gasteiger partial charge in [0.05, 0.1) is 0 Å². The zero-order valence-corrected chi connectivity index (χ0v) is 12.3. The van der Waals surface area contributed by atoms with Crippen LogP contribution in [0.4, 0.5) is 0 Å². The quantitative estimate of drug-likeness (QED) is 0.829. The summed E-state index contributed by atoms with van der Waals surface area (Å²) in [5.74, 6) is -0.112. The lowest BCUT2D eigenvalue weighted by molar-refractivity contribution is -0.140. The molecule has 0 radical (unpaired) electrons. The van der Waals surface area contributed by atoms with Gasteiger partial charge in [-0.2, -0.15) is 0 Å². The van der Waals surface area contributed by atoms with Crippen LogP contribution in [0.1, 0.15) is 30.5 Å². The smallest absolute Gasteiger partial charge is 0.324 e. The van der Waals surface area contributed by atoms with Crippen molar-refractivity contribution < 1.29 is 14.6 Å². The number of hydrogen-bond donors (Lipinski definition) is 2. The first-order valence-corrected chi connectivity index (χ1v) is 6.50. The lowest BCUT2D eigenvalue weighted by Crippen LogP contribution is -2.44. The number of carbonyl (C=O) groups is 1. The first-order chi connectivity index (χ1) is 8.81. The Morgan fingerprint density at radius 3 is 2.21 bits per heavy atom. The molecular weight excluding hydrogens is 242 g/mol. The van der Waals surface area contributed by atoms with E-state index in [2.05, 4.69) is 5.32 Å². The number of ether oxygens (including phenoxy) is 1. The molecule has 0 fully saturated rings. The van der Waals surface area contributed by atoms with E-state index in [-0.39, 0.29) is 12.6 Å². The van der Waals surface area contributed by atoms with Gasteiger partial charge in [-0.15, -0.1) is 0 Å². The molecule has 0 bridgehead atoms. The highest BCUT2D eigenvalue weighted by atomic mass is 16.5. The monoisotopic (exact) mass is 265 g/mol. The minimum Gasteiger partial charge on any atom is -0.491 e. The number of carboxylic acids is 1. The van der Waals surface area contributed by atoms with Gasteiger partial charge in [-0.05, 0) is 31.9 Å². The van der Waals surface area contributed by atoms with Crippen molar-refractivity contribution >= 4 is 5.97 Å². The SMILES string of the molecule is Cc1cc(C)c(OCC(NC(C)C)C(=O)O)c(C)c1. The van der Waals surface area contributed by atoms with Crippen LogP contribution in [0.15, 0.2) is 12.1 Å². The molecule has 0 aliphatic rings. The molecule has 0 saturated carbocycles. The minimum absolute atomic E-state index is 0.102. The molecule has 0 aliphatic carbocycles. The Labute approximate surface area is 114 Å². The Hall–Kier alpha value is -1.55. The van der Waals surface area contributed by atoms with Gasteiger partial charge in [-0.25, -0.2) is 0 Å². The van der Waals surface area contributed by atoms with E-state index in [1.165, 1.54) is 5.56 Å². The van der Waals surface area contributed by atoms with Crippen LogP contribution in [0.2, 0.25) is 0 Å². The zero-order valence-electron chi connectivity index (χ0n) is 12.3. The number of benzene rings is 1. The number of hydrogen-bond acceptors (Lipinski definition) is 3. The lowest BCUT2D eigenvalue weighted by atomic mass is 10.1. The summed E-state index contributed by atoms with van der Waals surface area (Å²) in [4.78, 5) is 11.1. The van der Waals surface area contributed by atoms with E-state index >= 15 is 0 Å². The predicted molar refractivity (Wildman–Crippen MR) is 75.8 cm³/mol. The molecule has 1 unspecified atom stereocenters. The van der Waals surface area contributed by atoms with Crippen molar-refractivity contribution in [2.75, 3.05) is 6.61 Å². The molecule has 1 rings (SSSR count). The normalized spacial score (nSPS) is 12.5. The molecule has 4 heteroatoms. The molecule has 2 N–H and O–H groups in total. The molecule has 106 valence electrons. The first-order valence-electron chi connectivity index (χ1n) is 6.50. The number of carboxylic acid groups (broad SMARTS) is 1. The van der Waals surface area contributed by atoms with Crippen molar-refractivity contribution in [1.29, 1.82) is 0 Å². The summed E-state index contributed by atoms with van der Waals surface area (Å²) >= 11 is 0. The molecule has 0 heterocycles. The Morgan fingerprint density at radius 1 is 1.26 bits per heavy atom. The molecule has 0 spiro atoms. The summed E-state index contributed by atoms with van der Waals surface area (Å²) in [5.41, 5.74) is 3.25. The van der Waals surface area contributed by atoms with E-state index < -0.39 is 12.0 Å². The van der Waals surface area contributed by atoms with E-state index in [0.29, 0.717) is 0 Å². The standard InChI is InChI=1S/C15H23NO3/c1-9(2)16-13(15(17)18)8-19-14-11(4)6-10(3)7-12(14)5/h6-7,9,13,16H,8H2,1-5H3,(H,17,18). The fourth-order valence-corrected chi connectivity index (χ4v) is 2.15. The average molecular weight is 265 g/mol. The van der Waals surface area contributed by atoms with Gasteiger partial charge in [-0.1, -0.05) is 31.5 Å². The maximum Gasteiger partial charge on any atom is 0.324 e. The molecule has 1 aromatic carbocycles. The van der Waals surface area contributed by atoms with Gasteiger partial charge in [0.25, 0.3) is 0 Å². The fraction of sp³-hybridized carbons (Fsp3) is 0.533. The molecule has 19 heavy (non-hydrogen) atoms. The molecule has 1 atom stereocenters. The van der Waals surface area contributed by atoms with Gasteiger partial charge in [-0.3, -0.25) is 10.1 Å². The van der Waals surface area contributed by atoms with Crippen molar-refractivity contribution in [2.24, 2.45) is 0 Å².